The van der Waals surface area contributed by atoms with Crippen LogP contribution in [-0.2, 0) is 0 Å². The number of thioether (sulfide) groups is 1. The highest BCUT2D eigenvalue weighted by Crippen LogP contribution is 2.29. The number of halogens is 1. The summed E-state index contributed by atoms with van der Waals surface area (Å²) in [5.41, 5.74) is 7.68. The molecule has 2 nitrogen and oxygen atoms in total. The quantitative estimate of drug-likeness (QED) is 0.863. The second-order valence-electron chi connectivity index (χ2n) is 3.63. The fraction of sp³-hybridized carbons (Fsp3) is 0.455. The van der Waals surface area contributed by atoms with Crippen LogP contribution in [0.3, 0.4) is 0 Å². The van der Waals surface area contributed by atoms with Crippen LogP contribution in [0.1, 0.15) is 6.92 Å². The third-order valence-electron chi connectivity index (χ3n) is 2.42. The molecule has 0 aromatic heterocycles. The topological polar surface area (TPSA) is 29.3 Å². The number of hydrogen-bond acceptors (Lipinski definition) is 3. The molecule has 2 N–H and O–H groups in total. The average Bonchev–Trinajstić information content (AvgIpc) is 2.17. The van der Waals surface area contributed by atoms with E-state index in [9.17, 15) is 0 Å². The van der Waals surface area contributed by atoms with Gasteiger partial charge in [-0.05, 0) is 47.3 Å². The second-order valence-corrected chi connectivity index (χ2v) is 5.39. The van der Waals surface area contributed by atoms with Gasteiger partial charge in [-0.2, -0.15) is 11.8 Å². The molecule has 15 heavy (non-hydrogen) atoms. The number of benzene rings is 1. The summed E-state index contributed by atoms with van der Waals surface area (Å²) in [6.45, 7) is 2.22. The zero-order valence-electron chi connectivity index (χ0n) is 9.33. The Morgan fingerprint density at radius 3 is 2.73 bits per heavy atom. The molecule has 0 heterocycles. The van der Waals surface area contributed by atoms with E-state index in [1.165, 1.54) is 5.69 Å². The van der Waals surface area contributed by atoms with Crippen molar-refractivity contribution in [3.8, 4) is 0 Å². The first-order valence-electron chi connectivity index (χ1n) is 4.83. The van der Waals surface area contributed by atoms with Gasteiger partial charge in [-0.3, -0.25) is 0 Å². The molecule has 1 aromatic carbocycles. The van der Waals surface area contributed by atoms with E-state index >= 15 is 0 Å². The van der Waals surface area contributed by atoms with Crippen LogP contribution in [0.15, 0.2) is 22.7 Å². The molecule has 1 atom stereocenters. The third-order valence-corrected chi connectivity index (χ3v) is 3.87. The predicted molar refractivity (Wildman–Crippen MR) is 74.8 cm³/mol. The Hall–Kier alpha value is -0.350. The number of anilines is 2. The van der Waals surface area contributed by atoms with E-state index < -0.39 is 0 Å². The van der Waals surface area contributed by atoms with Gasteiger partial charge in [-0.25, -0.2) is 0 Å². The number of nitrogen functional groups attached to an aromatic ring is 1. The van der Waals surface area contributed by atoms with E-state index in [0.29, 0.717) is 6.04 Å². The lowest BCUT2D eigenvalue weighted by Crippen LogP contribution is -2.31. The normalized spacial score (nSPS) is 12.5. The highest BCUT2D eigenvalue weighted by molar-refractivity contribution is 9.10. The van der Waals surface area contributed by atoms with Crippen molar-refractivity contribution < 1.29 is 0 Å². The molecule has 1 unspecified atom stereocenters. The van der Waals surface area contributed by atoms with Crippen LogP contribution in [0.25, 0.3) is 0 Å². The first-order chi connectivity index (χ1) is 7.06. The Bertz CT molecular complexity index is 330. The lowest BCUT2D eigenvalue weighted by molar-refractivity contribution is 0.764. The molecule has 0 fully saturated rings. The van der Waals surface area contributed by atoms with Gasteiger partial charge in [-0.15, -0.1) is 0 Å². The van der Waals surface area contributed by atoms with Gasteiger partial charge in [-0.1, -0.05) is 0 Å². The van der Waals surface area contributed by atoms with Crippen LogP contribution >= 0.6 is 27.7 Å². The Morgan fingerprint density at radius 1 is 1.53 bits per heavy atom. The van der Waals surface area contributed by atoms with Gasteiger partial charge in [0.05, 0.1) is 5.69 Å². The number of rotatable bonds is 4. The van der Waals surface area contributed by atoms with Crippen LogP contribution < -0.4 is 10.6 Å². The maximum atomic E-state index is 5.71. The fourth-order valence-electron chi connectivity index (χ4n) is 1.40. The molecular formula is C11H17BrN2S. The highest BCUT2D eigenvalue weighted by atomic mass is 79.9. The van der Waals surface area contributed by atoms with Crippen molar-refractivity contribution in [2.45, 2.75) is 13.0 Å². The predicted octanol–water partition coefficient (Wildman–Crippen LogP) is 3.22. The highest BCUT2D eigenvalue weighted by Gasteiger charge is 2.11. The van der Waals surface area contributed by atoms with Gasteiger partial charge >= 0.3 is 0 Å². The second kappa shape index (κ2) is 5.66. The minimum Gasteiger partial charge on any atom is -0.399 e. The molecule has 0 saturated carbocycles. The molecule has 0 saturated heterocycles. The summed E-state index contributed by atoms with van der Waals surface area (Å²) in [4.78, 5) is 2.26. The summed E-state index contributed by atoms with van der Waals surface area (Å²) in [6, 6.07) is 6.44. The molecular weight excluding hydrogens is 272 g/mol. The first kappa shape index (κ1) is 12.7. The SMILES string of the molecule is CSCC(C)N(C)c1ccc(N)cc1Br. The maximum Gasteiger partial charge on any atom is 0.0512 e. The summed E-state index contributed by atoms with van der Waals surface area (Å²) in [5.74, 6) is 1.12. The first-order valence-corrected chi connectivity index (χ1v) is 7.01. The van der Waals surface area contributed by atoms with Crippen molar-refractivity contribution in [3.05, 3.63) is 22.7 Å². The zero-order valence-corrected chi connectivity index (χ0v) is 11.7. The van der Waals surface area contributed by atoms with Gasteiger partial charge in [0, 0.05) is 29.0 Å². The van der Waals surface area contributed by atoms with Gasteiger partial charge in [0.1, 0.15) is 0 Å². The molecule has 0 spiro atoms. The molecule has 0 bridgehead atoms. The smallest absolute Gasteiger partial charge is 0.0512 e. The number of hydrogen-bond donors (Lipinski definition) is 1. The molecule has 0 radical (unpaired) electrons. The molecule has 84 valence electrons. The maximum absolute atomic E-state index is 5.71. The van der Waals surface area contributed by atoms with E-state index in [-0.39, 0.29) is 0 Å². The molecule has 1 rings (SSSR count). The van der Waals surface area contributed by atoms with Gasteiger partial charge in [0.2, 0.25) is 0 Å². The molecule has 0 aliphatic rings. The van der Waals surface area contributed by atoms with Crippen molar-refractivity contribution >= 4 is 39.1 Å². The van der Waals surface area contributed by atoms with Crippen molar-refractivity contribution in [2.24, 2.45) is 0 Å². The van der Waals surface area contributed by atoms with Crippen LogP contribution in [-0.4, -0.2) is 25.1 Å². The lowest BCUT2D eigenvalue weighted by atomic mass is 10.2. The van der Waals surface area contributed by atoms with Crippen LogP contribution in [0, 0.1) is 0 Å². The van der Waals surface area contributed by atoms with Gasteiger partial charge in [0.15, 0.2) is 0 Å². The number of nitrogens with zero attached hydrogens (tertiary/aromatic N) is 1. The van der Waals surface area contributed by atoms with Crippen LogP contribution in [0.5, 0.6) is 0 Å². The van der Waals surface area contributed by atoms with Crippen molar-refractivity contribution in [1.29, 1.82) is 0 Å². The molecule has 0 aliphatic heterocycles. The largest absolute Gasteiger partial charge is 0.399 e. The molecule has 0 amide bonds. The standard InChI is InChI=1S/C11H17BrN2S/c1-8(7-15-3)14(2)11-5-4-9(13)6-10(11)12/h4-6,8H,7,13H2,1-3H3. The van der Waals surface area contributed by atoms with Crippen LogP contribution in [0.2, 0.25) is 0 Å². The Labute approximate surface area is 104 Å². The van der Waals surface area contributed by atoms with E-state index in [2.05, 4.69) is 47.1 Å². The molecule has 0 aliphatic carbocycles. The third kappa shape index (κ3) is 3.31. The Kier molecular flexibility index (Phi) is 4.80. The lowest BCUT2D eigenvalue weighted by Gasteiger charge is -2.27. The fourth-order valence-corrected chi connectivity index (χ4v) is 2.78. The summed E-state index contributed by atoms with van der Waals surface area (Å²) in [5, 5.41) is 0. The van der Waals surface area contributed by atoms with E-state index in [1.54, 1.807) is 0 Å². The van der Waals surface area contributed by atoms with Crippen LogP contribution in [0.4, 0.5) is 11.4 Å². The van der Waals surface area contributed by atoms with E-state index in [4.69, 9.17) is 5.73 Å². The summed E-state index contributed by atoms with van der Waals surface area (Å²) in [7, 11) is 2.11. The Balaban J connectivity index is 2.86. The molecule has 1 aromatic rings. The van der Waals surface area contributed by atoms with E-state index in [1.807, 2.05) is 23.9 Å². The summed E-state index contributed by atoms with van der Waals surface area (Å²) < 4.78 is 1.05. The minimum atomic E-state index is 0.514. The summed E-state index contributed by atoms with van der Waals surface area (Å²) >= 11 is 5.40. The van der Waals surface area contributed by atoms with Gasteiger partial charge in [0.25, 0.3) is 0 Å². The Morgan fingerprint density at radius 2 is 2.20 bits per heavy atom. The average molecular weight is 289 g/mol. The minimum absolute atomic E-state index is 0.514. The van der Waals surface area contributed by atoms with Crippen molar-refractivity contribution in [3.63, 3.8) is 0 Å². The van der Waals surface area contributed by atoms with Crippen molar-refractivity contribution in [2.75, 3.05) is 29.7 Å². The number of nitrogens with two attached hydrogens (primary N) is 1. The monoisotopic (exact) mass is 288 g/mol. The molecule has 4 heteroatoms. The van der Waals surface area contributed by atoms with E-state index in [0.717, 1.165) is 15.9 Å². The summed E-state index contributed by atoms with van der Waals surface area (Å²) in [6.07, 6.45) is 2.13. The van der Waals surface area contributed by atoms with Crippen molar-refractivity contribution in [1.82, 2.24) is 0 Å². The van der Waals surface area contributed by atoms with Gasteiger partial charge < -0.3 is 10.6 Å². The zero-order chi connectivity index (χ0) is 11.4.